The average Bonchev–Trinajstić information content (AvgIpc) is 3.02. The van der Waals surface area contributed by atoms with Crippen LogP contribution in [0.4, 0.5) is 0 Å². The number of hydrogen-bond donors (Lipinski definition) is 1. The Hall–Kier alpha value is -1.79. The van der Waals surface area contributed by atoms with Gasteiger partial charge in [-0.05, 0) is 38.7 Å². The molecule has 0 bridgehead atoms. The van der Waals surface area contributed by atoms with E-state index in [4.69, 9.17) is 9.47 Å². The number of rotatable bonds is 3. The molecule has 0 spiro atoms. The molecule has 2 unspecified atom stereocenters. The highest BCUT2D eigenvalue weighted by Gasteiger charge is 2.35. The van der Waals surface area contributed by atoms with Crippen molar-refractivity contribution in [3.05, 3.63) is 23.8 Å². The molecule has 2 aliphatic heterocycles. The molecule has 1 aromatic carbocycles. The van der Waals surface area contributed by atoms with Gasteiger partial charge in [0.1, 0.15) is 0 Å². The summed E-state index contributed by atoms with van der Waals surface area (Å²) in [4.78, 5) is 16.5. The predicted molar refractivity (Wildman–Crippen MR) is 76.6 cm³/mol. The Balaban J connectivity index is 1.80. The van der Waals surface area contributed by atoms with Crippen molar-refractivity contribution in [3.63, 3.8) is 0 Å². The Morgan fingerprint density at radius 3 is 2.90 bits per heavy atom. The summed E-state index contributed by atoms with van der Waals surface area (Å²) in [5.41, 5.74) is 0.567. The van der Waals surface area contributed by atoms with Gasteiger partial charge in [0.05, 0.1) is 6.10 Å². The van der Waals surface area contributed by atoms with Gasteiger partial charge in [-0.2, -0.15) is 0 Å². The monoisotopic (exact) mass is 292 g/mol. The molecule has 1 aromatic rings. The topological polar surface area (TPSA) is 62.2 Å². The third kappa shape index (κ3) is 2.82. The quantitative estimate of drug-likeness (QED) is 0.881. The van der Waals surface area contributed by atoms with Crippen molar-refractivity contribution in [1.29, 1.82) is 0 Å². The number of hydrogen-bond acceptors (Lipinski definition) is 5. The highest BCUT2D eigenvalue weighted by Crippen LogP contribution is 2.33. The molecular formula is C15H20N2O4. The second kappa shape index (κ2) is 5.54. The maximum Gasteiger partial charge on any atom is 0.254 e. The van der Waals surface area contributed by atoms with Crippen LogP contribution in [0.25, 0.3) is 0 Å². The number of benzene rings is 1. The summed E-state index contributed by atoms with van der Waals surface area (Å²) in [5, 5.41) is 9.88. The summed E-state index contributed by atoms with van der Waals surface area (Å²) in [6.45, 7) is 1.32. The first-order chi connectivity index (χ1) is 10.0. The maximum atomic E-state index is 12.7. The Morgan fingerprint density at radius 2 is 2.14 bits per heavy atom. The number of amides is 1. The summed E-state index contributed by atoms with van der Waals surface area (Å²) in [5.74, 6) is 1.19. The Morgan fingerprint density at radius 1 is 1.38 bits per heavy atom. The van der Waals surface area contributed by atoms with Gasteiger partial charge in [-0.1, -0.05) is 0 Å². The van der Waals surface area contributed by atoms with Gasteiger partial charge in [0, 0.05) is 24.7 Å². The predicted octanol–water partition coefficient (Wildman–Crippen LogP) is 0.552. The zero-order valence-electron chi connectivity index (χ0n) is 12.3. The van der Waals surface area contributed by atoms with E-state index in [0.717, 1.165) is 6.54 Å². The molecule has 3 rings (SSSR count). The maximum absolute atomic E-state index is 12.7. The molecule has 0 saturated carbocycles. The molecule has 21 heavy (non-hydrogen) atoms. The molecule has 2 atom stereocenters. The van der Waals surface area contributed by atoms with Crippen LogP contribution in [0.1, 0.15) is 16.8 Å². The minimum atomic E-state index is -0.451. The number of ether oxygens (including phenoxy) is 2. The van der Waals surface area contributed by atoms with Gasteiger partial charge in [-0.15, -0.1) is 0 Å². The first kappa shape index (κ1) is 14.2. The van der Waals surface area contributed by atoms with Crippen molar-refractivity contribution in [2.75, 3.05) is 34.0 Å². The summed E-state index contributed by atoms with van der Waals surface area (Å²) in [6.07, 6.45) is 0.169. The minimum absolute atomic E-state index is 0.0351. The summed E-state index contributed by atoms with van der Waals surface area (Å²) < 4.78 is 10.6. The SMILES string of the molecule is CN(C)CC1CC(O)CN1C(=O)c1ccc2c(c1)OCO2. The zero-order valence-corrected chi connectivity index (χ0v) is 12.3. The van der Waals surface area contributed by atoms with Crippen molar-refractivity contribution < 1.29 is 19.4 Å². The van der Waals surface area contributed by atoms with E-state index < -0.39 is 6.10 Å². The molecule has 1 saturated heterocycles. The zero-order chi connectivity index (χ0) is 15.0. The molecular weight excluding hydrogens is 272 g/mol. The number of carbonyl (C=O) groups is 1. The van der Waals surface area contributed by atoms with Crippen LogP contribution in [0.15, 0.2) is 18.2 Å². The molecule has 0 radical (unpaired) electrons. The standard InChI is InChI=1S/C15H20N2O4/c1-16(2)7-11-6-12(18)8-17(11)15(19)10-3-4-13-14(5-10)21-9-20-13/h3-5,11-12,18H,6-9H2,1-2H3. The van der Waals surface area contributed by atoms with Crippen LogP contribution in [-0.4, -0.2) is 66.9 Å². The summed E-state index contributed by atoms with van der Waals surface area (Å²) in [6, 6.07) is 5.24. The molecule has 0 aromatic heterocycles. The Labute approximate surface area is 123 Å². The fourth-order valence-electron chi connectivity index (χ4n) is 2.93. The van der Waals surface area contributed by atoms with Crippen LogP contribution >= 0.6 is 0 Å². The van der Waals surface area contributed by atoms with Crippen molar-refractivity contribution in [2.24, 2.45) is 0 Å². The number of β-amino-alcohol motifs (C(OH)–C–C–N with tert-alkyl or cyclic N) is 1. The lowest BCUT2D eigenvalue weighted by atomic mass is 10.1. The fourth-order valence-corrected chi connectivity index (χ4v) is 2.93. The van der Waals surface area contributed by atoms with Crippen LogP contribution in [0.5, 0.6) is 11.5 Å². The van der Waals surface area contributed by atoms with E-state index in [0.29, 0.717) is 30.0 Å². The van der Waals surface area contributed by atoms with Crippen LogP contribution < -0.4 is 9.47 Å². The van der Waals surface area contributed by atoms with Crippen molar-refractivity contribution >= 4 is 5.91 Å². The molecule has 1 amide bonds. The van der Waals surface area contributed by atoms with E-state index in [1.165, 1.54) is 0 Å². The molecule has 2 heterocycles. The van der Waals surface area contributed by atoms with Crippen LogP contribution in [0.2, 0.25) is 0 Å². The van der Waals surface area contributed by atoms with Gasteiger partial charge in [0.15, 0.2) is 11.5 Å². The van der Waals surface area contributed by atoms with Gasteiger partial charge in [-0.25, -0.2) is 0 Å². The fraction of sp³-hybridized carbons (Fsp3) is 0.533. The highest BCUT2D eigenvalue weighted by molar-refractivity contribution is 5.95. The molecule has 6 heteroatoms. The molecule has 6 nitrogen and oxygen atoms in total. The third-order valence-electron chi connectivity index (χ3n) is 3.85. The largest absolute Gasteiger partial charge is 0.454 e. The first-order valence-corrected chi connectivity index (χ1v) is 7.08. The van der Waals surface area contributed by atoms with Crippen molar-refractivity contribution in [2.45, 2.75) is 18.6 Å². The van der Waals surface area contributed by atoms with Gasteiger partial charge in [-0.3, -0.25) is 4.79 Å². The Kier molecular flexibility index (Phi) is 3.73. The average molecular weight is 292 g/mol. The second-order valence-corrected chi connectivity index (χ2v) is 5.83. The highest BCUT2D eigenvalue weighted by atomic mass is 16.7. The van der Waals surface area contributed by atoms with Gasteiger partial charge in [0.2, 0.25) is 6.79 Å². The van der Waals surface area contributed by atoms with E-state index in [2.05, 4.69) is 0 Å². The van der Waals surface area contributed by atoms with Crippen molar-refractivity contribution in [3.8, 4) is 11.5 Å². The lowest BCUT2D eigenvalue weighted by Gasteiger charge is -2.27. The molecule has 0 aliphatic carbocycles. The number of aliphatic hydroxyl groups is 1. The van der Waals surface area contributed by atoms with Crippen molar-refractivity contribution in [1.82, 2.24) is 9.80 Å². The van der Waals surface area contributed by atoms with E-state index in [9.17, 15) is 9.90 Å². The van der Waals surface area contributed by atoms with Crippen LogP contribution in [0, 0.1) is 0 Å². The number of likely N-dealkylation sites (N-methyl/N-ethyl adjacent to an activating group) is 1. The molecule has 2 aliphatic rings. The van der Waals surface area contributed by atoms with Crippen LogP contribution in [-0.2, 0) is 0 Å². The lowest BCUT2D eigenvalue weighted by Crippen LogP contribution is -2.41. The minimum Gasteiger partial charge on any atom is -0.454 e. The van der Waals surface area contributed by atoms with Crippen LogP contribution in [0.3, 0.4) is 0 Å². The van der Waals surface area contributed by atoms with E-state index in [-0.39, 0.29) is 18.7 Å². The first-order valence-electron chi connectivity index (χ1n) is 7.08. The molecule has 1 fully saturated rings. The second-order valence-electron chi connectivity index (χ2n) is 5.83. The smallest absolute Gasteiger partial charge is 0.254 e. The normalized spacial score (nSPS) is 23.9. The lowest BCUT2D eigenvalue weighted by molar-refractivity contribution is 0.0698. The van der Waals surface area contributed by atoms with Gasteiger partial charge in [0.25, 0.3) is 5.91 Å². The molecule has 114 valence electrons. The van der Waals surface area contributed by atoms with Gasteiger partial charge >= 0.3 is 0 Å². The summed E-state index contributed by atoms with van der Waals surface area (Å²) >= 11 is 0. The van der Waals surface area contributed by atoms with E-state index in [1.807, 2.05) is 19.0 Å². The van der Waals surface area contributed by atoms with Gasteiger partial charge < -0.3 is 24.4 Å². The van der Waals surface area contributed by atoms with E-state index in [1.54, 1.807) is 23.1 Å². The number of nitrogens with zero attached hydrogens (tertiary/aromatic N) is 2. The van der Waals surface area contributed by atoms with E-state index >= 15 is 0 Å². The Bertz CT molecular complexity index is 546. The third-order valence-corrected chi connectivity index (χ3v) is 3.85. The number of fused-ring (bicyclic) bond motifs is 1. The number of likely N-dealkylation sites (tertiary alicyclic amines) is 1. The molecule has 1 N–H and O–H groups in total. The number of carbonyl (C=O) groups excluding carboxylic acids is 1. The number of aliphatic hydroxyl groups excluding tert-OH is 1. The summed E-state index contributed by atoms with van der Waals surface area (Å²) in [7, 11) is 3.93.